The largest absolute Gasteiger partial charge is 0.394 e. The van der Waals surface area contributed by atoms with E-state index in [0.29, 0.717) is 0 Å². The topological polar surface area (TPSA) is 928 Å². The highest BCUT2D eigenvalue weighted by atomic mass is 16.8. The van der Waals surface area contributed by atoms with Crippen molar-refractivity contribution in [1.82, 2.24) is 21.3 Å². The number of aliphatic hydroxyl groups is 31. The van der Waals surface area contributed by atoms with Gasteiger partial charge >= 0.3 is 0 Å². The summed E-state index contributed by atoms with van der Waals surface area (Å²) in [6.45, 7) is -7.81. The first-order valence-corrected chi connectivity index (χ1v) is 42.4. The van der Waals surface area contributed by atoms with Gasteiger partial charge in [-0.1, -0.05) is 0 Å². The highest BCUT2D eigenvalue weighted by Crippen LogP contribution is 2.41. The molecule has 0 aromatic carbocycles. The lowest BCUT2D eigenvalue weighted by atomic mass is 9.94. The molecule has 59 heteroatoms. The number of aliphatic hydroxyl groups excluding tert-OH is 31. The van der Waals surface area contributed by atoms with Gasteiger partial charge in [0, 0.05) is 27.7 Å². The second-order valence-corrected chi connectivity index (χ2v) is 33.6. The summed E-state index contributed by atoms with van der Waals surface area (Å²) < 4.78 is 118. The van der Waals surface area contributed by atoms with E-state index < -0.39 is 428 Å². The number of carbonyl (C=O) groups excluding carboxylic acids is 4. The van der Waals surface area contributed by atoms with Crippen molar-refractivity contribution in [1.29, 1.82) is 0 Å². The third-order valence-corrected chi connectivity index (χ3v) is 24.2. The Morgan fingerprint density at radius 1 is 0.278 bits per heavy atom. The maximum absolute atomic E-state index is 13.3. The van der Waals surface area contributed by atoms with E-state index in [4.69, 9.17) is 94.7 Å². The van der Waals surface area contributed by atoms with Crippen LogP contribution in [0.4, 0.5) is 0 Å². The third kappa shape index (κ3) is 25.1. The van der Waals surface area contributed by atoms with Gasteiger partial charge in [0.1, 0.15) is 256 Å². The summed E-state index contributed by atoms with van der Waals surface area (Å²) in [5.74, 6) is -3.95. The summed E-state index contributed by atoms with van der Waals surface area (Å²) in [6.07, 6.45) is -107. The van der Waals surface area contributed by atoms with Gasteiger partial charge in [-0.25, -0.2) is 0 Å². The van der Waals surface area contributed by atoms with E-state index in [-0.39, 0.29) is 0 Å². The van der Waals surface area contributed by atoms with Gasteiger partial charge in [0.15, 0.2) is 62.9 Å². The van der Waals surface area contributed by atoms with Gasteiger partial charge in [-0.15, -0.1) is 0 Å². The molecule has 10 heterocycles. The minimum absolute atomic E-state index is 0.874. The molecular formula is C74H126N4O55. The predicted octanol–water partition coefficient (Wildman–Crippen LogP) is -23.7. The monoisotopic (exact) mass is 1950 g/mol. The van der Waals surface area contributed by atoms with E-state index in [2.05, 4.69) is 21.3 Å². The van der Waals surface area contributed by atoms with E-state index in [1.54, 1.807) is 0 Å². The predicted molar refractivity (Wildman–Crippen MR) is 410 cm³/mol. The summed E-state index contributed by atoms with van der Waals surface area (Å²) in [4.78, 5) is 51.9. The van der Waals surface area contributed by atoms with Crippen LogP contribution in [-0.4, -0.2) is 586 Å². The van der Waals surface area contributed by atoms with Crippen LogP contribution in [0.1, 0.15) is 34.6 Å². The number of hydrogen-bond donors (Lipinski definition) is 35. The lowest BCUT2D eigenvalue weighted by Crippen LogP contribution is -2.70. The van der Waals surface area contributed by atoms with Crippen molar-refractivity contribution >= 4 is 23.6 Å². The van der Waals surface area contributed by atoms with Gasteiger partial charge in [0.25, 0.3) is 0 Å². The molecule has 10 aliphatic heterocycles. The highest BCUT2D eigenvalue weighted by molar-refractivity contribution is 5.74. The Kier molecular flexibility index (Phi) is 40.8. The van der Waals surface area contributed by atoms with E-state index in [9.17, 15) is 177 Å². The minimum Gasteiger partial charge on any atom is -0.394 e. The fourth-order valence-electron chi connectivity index (χ4n) is 16.9. The Hall–Kier alpha value is -4.16. The van der Waals surface area contributed by atoms with Crippen LogP contribution in [0.5, 0.6) is 0 Å². The molecule has 54 atom stereocenters. The fourth-order valence-corrected chi connectivity index (χ4v) is 16.9. The van der Waals surface area contributed by atoms with Crippen LogP contribution in [0, 0.1) is 0 Å². The van der Waals surface area contributed by atoms with Crippen molar-refractivity contribution in [2.45, 2.75) is 366 Å². The number of hydrogen-bond acceptors (Lipinski definition) is 55. The Morgan fingerprint density at radius 2 is 0.579 bits per heavy atom. The molecule has 0 unspecified atom stereocenters. The normalized spacial score (nSPS) is 47.6. The van der Waals surface area contributed by atoms with Crippen LogP contribution in [0.2, 0.25) is 0 Å². The van der Waals surface area contributed by atoms with Crippen molar-refractivity contribution in [2.24, 2.45) is 0 Å². The molecule has 0 aromatic rings. The lowest BCUT2D eigenvalue weighted by Gasteiger charge is -2.51. The molecule has 10 fully saturated rings. The zero-order valence-electron chi connectivity index (χ0n) is 71.6. The molecular weight excluding hydrogens is 1820 g/mol. The average Bonchev–Trinajstić information content (AvgIpc) is 0.768. The van der Waals surface area contributed by atoms with Crippen LogP contribution >= 0.6 is 0 Å². The fraction of sp³-hybridized carbons (Fsp3) is 0.946. The molecule has 10 rings (SSSR count). The average molecular weight is 1950 g/mol. The Labute approximate surface area is 753 Å². The summed E-state index contributed by atoms with van der Waals surface area (Å²) in [5.41, 5.74) is 0. The van der Waals surface area contributed by atoms with E-state index >= 15 is 0 Å². The lowest BCUT2D eigenvalue weighted by molar-refractivity contribution is -0.399. The molecule has 4 amide bonds. The van der Waals surface area contributed by atoms with Crippen LogP contribution in [0.3, 0.4) is 0 Å². The molecule has 35 N–H and O–H groups in total. The SMILES string of the molecule is CC(=O)N[C@H]1[C@H](O[C@@H]([C@H](O)[C@H](CO)NC(C)=O)[C@H](O)CO[C@@H]2O[C@@H](C)[C@@H](O)[C@@H](O)[C@@H]2O)O[C@H](CO)[C@@H](O[C@@H]2O[C@H](CO[C@H]3O[C@H](CO)[C@@H](O)[C@H](O)[C@@H]3O[C@@H]3O[C@H](CO)[C@@H](O[C@@H]4O[C@H](CO)[C@H](O)[C@H](O[C@@H]5O[C@H](CO)[C@H](O)[C@H](O)[C@H]5O)[C@H]4O)[C@H](O)[C@H]3NC(C)=O)[C@@H](O)[C@H](O[C@H]3O[C@H](CO)[C@@H](O)[C@H](O)[C@@H]3O[C@@H]3O[C@H](CO)[C@@H](O[C@@H]4O[C@H](CO)[C@H](O)[C@H](O)[C@H]4O)[C@H](O)[C@H]3NC(C)=O)[C@@H]2O)[C@@H]1O. The van der Waals surface area contributed by atoms with Crippen LogP contribution in [0.25, 0.3) is 0 Å². The number of ether oxygens (including phenoxy) is 20. The van der Waals surface area contributed by atoms with Gasteiger partial charge in [0.2, 0.25) is 23.6 Å². The zero-order valence-corrected chi connectivity index (χ0v) is 71.6. The molecule has 0 bridgehead atoms. The maximum Gasteiger partial charge on any atom is 0.217 e. The van der Waals surface area contributed by atoms with Crippen LogP contribution in [-0.2, 0) is 114 Å². The number of nitrogens with one attached hydrogen (secondary N) is 4. The van der Waals surface area contributed by atoms with Crippen LogP contribution in [0.15, 0.2) is 0 Å². The number of amides is 4. The third-order valence-electron chi connectivity index (χ3n) is 24.2. The molecule has 10 aliphatic rings. The highest BCUT2D eigenvalue weighted by Gasteiger charge is 2.62. The van der Waals surface area contributed by atoms with E-state index in [1.807, 2.05) is 0 Å². The van der Waals surface area contributed by atoms with Gasteiger partial charge in [-0.05, 0) is 6.92 Å². The maximum atomic E-state index is 13.3. The second-order valence-electron chi connectivity index (χ2n) is 33.6. The Balaban J connectivity index is 0.981. The summed E-state index contributed by atoms with van der Waals surface area (Å²) >= 11 is 0. The van der Waals surface area contributed by atoms with Gasteiger partial charge < -0.3 is 274 Å². The Bertz CT molecular complexity index is 3580. The molecule has 0 aromatic heterocycles. The molecule has 0 saturated carbocycles. The van der Waals surface area contributed by atoms with Gasteiger partial charge in [-0.2, -0.15) is 0 Å². The molecule has 772 valence electrons. The summed E-state index contributed by atoms with van der Waals surface area (Å²) in [5, 5.41) is 356. The quantitative estimate of drug-likeness (QED) is 0.0273. The number of carbonyl (C=O) groups is 4. The van der Waals surface area contributed by atoms with Crippen molar-refractivity contribution in [3.05, 3.63) is 0 Å². The summed E-state index contributed by atoms with van der Waals surface area (Å²) in [7, 11) is 0. The van der Waals surface area contributed by atoms with Crippen LogP contribution < -0.4 is 21.3 Å². The first kappa shape index (κ1) is 111. The molecule has 10 saturated heterocycles. The summed E-state index contributed by atoms with van der Waals surface area (Å²) in [6, 6.07) is -7.94. The minimum atomic E-state index is -2.68. The van der Waals surface area contributed by atoms with Gasteiger partial charge in [-0.3, -0.25) is 19.2 Å². The first-order valence-electron chi connectivity index (χ1n) is 42.4. The molecule has 0 radical (unpaired) electrons. The van der Waals surface area contributed by atoms with E-state index in [1.165, 1.54) is 6.92 Å². The van der Waals surface area contributed by atoms with E-state index in [0.717, 1.165) is 27.7 Å². The molecule has 59 nitrogen and oxygen atoms in total. The number of rotatable bonds is 38. The van der Waals surface area contributed by atoms with Crippen molar-refractivity contribution in [3.8, 4) is 0 Å². The zero-order chi connectivity index (χ0) is 98.2. The Morgan fingerprint density at radius 3 is 0.970 bits per heavy atom. The second kappa shape index (κ2) is 49.0. The molecule has 0 spiro atoms. The first-order chi connectivity index (χ1) is 62.9. The van der Waals surface area contributed by atoms with Gasteiger partial charge in [0.05, 0.1) is 84.8 Å². The molecule has 0 aliphatic carbocycles. The smallest absolute Gasteiger partial charge is 0.217 e. The standard InChI is InChI=1S/C74H126N4O55/c1-17-36(93)47(104)52(109)68(116-17)114-15-23(92)57(37(94)22(6-79)75-18(2)88)126-65-33(76-19(3)89)44(101)60(30(13-86)122-65)129-72-56(113)62(131-74-64(51(108)41(98)27(10-83)121-74)133-67-35(78-21(5)91)45(102)58(29(12-85)124-67)127-69-53(110)48(105)38(95)24(7-80)117-69)43(100)32(125-72)16-115-73-63(50(107)40(97)26(9-82)120-73)132-66-34(77-20(4)90)46(103)59(31(14-87)123-66)128-71-55(112)61(42(99)28(11-84)119-71)130-70-54(111)49(106)39(96)25(8-81)118-70/h17,22-74,79-87,92-113H,6-16H2,1-5H3,(H,75,88)(H,76,89)(H,77,90)(H,78,91)/t17-,22-,23+,24+,25+,26+,27+,28+,29+,30+,31+,32+,33+,34+,35+,36+,37+,38-,39-,40+,41+,42-,43+,44+,45+,46+,47+,48-,49-,50-,51-,52-,53+,54+,55+,56-,57+,58+,59+,60+,61-,62-,63-,64-,65-,66-,67-,68+,69-,70-,71-,72-,73-,74+/m0/s1. The van der Waals surface area contributed by atoms with Crippen molar-refractivity contribution < 1.29 is 272 Å². The molecule has 133 heavy (non-hydrogen) atoms. The van der Waals surface area contributed by atoms with Crippen molar-refractivity contribution in [2.75, 3.05) is 72.7 Å². The van der Waals surface area contributed by atoms with Crippen molar-refractivity contribution in [3.63, 3.8) is 0 Å².